The summed E-state index contributed by atoms with van der Waals surface area (Å²) in [6.07, 6.45) is 6.79. The Bertz CT molecular complexity index is 971. The topological polar surface area (TPSA) is 85.6 Å². The van der Waals surface area contributed by atoms with E-state index in [4.69, 9.17) is 4.42 Å². The normalized spacial score (nSPS) is 15.6. The standard InChI is InChI=1S/C23H29N7O/c1-24-23(25-12-11-21-26-22(28-27-21)20-10-6-18-31-20)30-16-14-29(15-17-30)13-5-9-19-7-3-2-4-8-19/h2-10,18H,11-17H2,1H3,(H,24,25)(H,26,27,28)/b9-5+. The molecule has 4 rings (SSSR count). The first-order valence-corrected chi connectivity index (χ1v) is 10.7. The highest BCUT2D eigenvalue weighted by molar-refractivity contribution is 5.80. The van der Waals surface area contributed by atoms with Gasteiger partial charge in [-0.05, 0) is 17.7 Å². The molecule has 0 amide bonds. The smallest absolute Gasteiger partial charge is 0.216 e. The summed E-state index contributed by atoms with van der Waals surface area (Å²) in [7, 11) is 1.83. The maximum absolute atomic E-state index is 5.33. The van der Waals surface area contributed by atoms with Gasteiger partial charge in [0.15, 0.2) is 11.7 Å². The maximum atomic E-state index is 5.33. The fourth-order valence-electron chi connectivity index (χ4n) is 3.59. The Kier molecular flexibility index (Phi) is 7.12. The summed E-state index contributed by atoms with van der Waals surface area (Å²) in [5.74, 6) is 3.01. The highest BCUT2D eigenvalue weighted by atomic mass is 16.3. The van der Waals surface area contributed by atoms with Crippen molar-refractivity contribution in [3.63, 3.8) is 0 Å². The Morgan fingerprint density at radius 3 is 2.74 bits per heavy atom. The van der Waals surface area contributed by atoms with Gasteiger partial charge in [-0.25, -0.2) is 4.98 Å². The molecule has 1 saturated heterocycles. The van der Waals surface area contributed by atoms with Crippen LogP contribution in [0, 0.1) is 0 Å². The number of nitrogens with zero attached hydrogens (tertiary/aromatic N) is 5. The third-order valence-electron chi connectivity index (χ3n) is 5.28. The molecule has 0 spiro atoms. The number of piperazine rings is 1. The second kappa shape index (κ2) is 10.6. The summed E-state index contributed by atoms with van der Waals surface area (Å²) >= 11 is 0. The summed E-state index contributed by atoms with van der Waals surface area (Å²) in [5.41, 5.74) is 1.24. The highest BCUT2D eigenvalue weighted by Gasteiger charge is 2.18. The van der Waals surface area contributed by atoms with Crippen molar-refractivity contribution in [2.24, 2.45) is 4.99 Å². The van der Waals surface area contributed by atoms with Crippen molar-refractivity contribution < 1.29 is 4.42 Å². The van der Waals surface area contributed by atoms with E-state index in [1.807, 2.05) is 25.2 Å². The van der Waals surface area contributed by atoms with Gasteiger partial charge in [0.25, 0.3) is 0 Å². The van der Waals surface area contributed by atoms with E-state index in [9.17, 15) is 0 Å². The first-order valence-electron chi connectivity index (χ1n) is 10.7. The molecule has 1 aromatic carbocycles. The lowest BCUT2D eigenvalue weighted by molar-refractivity contribution is 0.194. The Labute approximate surface area is 182 Å². The molecule has 2 N–H and O–H groups in total. The maximum Gasteiger partial charge on any atom is 0.216 e. The largest absolute Gasteiger partial charge is 0.461 e. The molecule has 0 atom stereocenters. The molecule has 1 aliphatic heterocycles. The van der Waals surface area contributed by atoms with Crippen LogP contribution in [0.15, 0.2) is 64.2 Å². The lowest BCUT2D eigenvalue weighted by Gasteiger charge is -2.36. The van der Waals surface area contributed by atoms with E-state index in [0.29, 0.717) is 11.6 Å². The van der Waals surface area contributed by atoms with Crippen molar-refractivity contribution in [2.45, 2.75) is 6.42 Å². The molecule has 8 nitrogen and oxygen atoms in total. The predicted molar refractivity (Wildman–Crippen MR) is 123 cm³/mol. The number of aromatic nitrogens is 3. The minimum atomic E-state index is 0.585. The molecule has 31 heavy (non-hydrogen) atoms. The molecule has 2 aromatic heterocycles. The zero-order valence-corrected chi connectivity index (χ0v) is 17.9. The fraction of sp³-hybridized carbons (Fsp3) is 0.348. The first kappa shape index (κ1) is 20.9. The number of benzene rings is 1. The Hall–Kier alpha value is -3.39. The quantitative estimate of drug-likeness (QED) is 0.452. The van der Waals surface area contributed by atoms with E-state index < -0.39 is 0 Å². The second-order valence-electron chi connectivity index (χ2n) is 7.41. The van der Waals surface area contributed by atoms with Gasteiger partial charge in [-0.3, -0.25) is 15.0 Å². The van der Waals surface area contributed by atoms with E-state index in [1.54, 1.807) is 6.26 Å². The van der Waals surface area contributed by atoms with Crippen LogP contribution in [0.3, 0.4) is 0 Å². The number of H-pyrrole nitrogens is 1. The van der Waals surface area contributed by atoms with Gasteiger partial charge in [0.05, 0.1) is 6.26 Å². The van der Waals surface area contributed by atoms with Crippen molar-refractivity contribution in [1.29, 1.82) is 0 Å². The summed E-state index contributed by atoms with van der Waals surface area (Å²) in [6, 6.07) is 14.1. The molecule has 0 saturated carbocycles. The van der Waals surface area contributed by atoms with Crippen LogP contribution in [-0.2, 0) is 6.42 Å². The molecule has 0 aliphatic carbocycles. The summed E-state index contributed by atoms with van der Waals surface area (Å²) in [5, 5.41) is 10.6. The highest BCUT2D eigenvalue weighted by Crippen LogP contribution is 2.14. The molecule has 0 bridgehead atoms. The van der Waals surface area contributed by atoms with Gasteiger partial charge in [0, 0.05) is 52.7 Å². The molecule has 1 fully saturated rings. The van der Waals surface area contributed by atoms with Crippen molar-refractivity contribution in [2.75, 3.05) is 46.3 Å². The van der Waals surface area contributed by atoms with E-state index in [-0.39, 0.29) is 0 Å². The van der Waals surface area contributed by atoms with Crippen molar-refractivity contribution in [3.8, 4) is 11.6 Å². The number of aromatic amines is 1. The number of aliphatic imine (C=N–C) groups is 1. The molecule has 3 aromatic rings. The van der Waals surface area contributed by atoms with Crippen molar-refractivity contribution in [1.82, 2.24) is 30.3 Å². The average Bonchev–Trinajstić information content (AvgIpc) is 3.50. The molecular weight excluding hydrogens is 390 g/mol. The van der Waals surface area contributed by atoms with Crippen LogP contribution in [0.25, 0.3) is 17.7 Å². The number of rotatable bonds is 7. The van der Waals surface area contributed by atoms with Crippen LogP contribution in [0.5, 0.6) is 0 Å². The SMILES string of the molecule is CN=C(NCCc1nc(-c2ccco2)n[nH]1)N1CCN(C/C=C/c2ccccc2)CC1. The molecule has 0 radical (unpaired) electrons. The lowest BCUT2D eigenvalue weighted by Crippen LogP contribution is -2.52. The van der Waals surface area contributed by atoms with Crippen LogP contribution >= 0.6 is 0 Å². The van der Waals surface area contributed by atoms with E-state index >= 15 is 0 Å². The minimum absolute atomic E-state index is 0.585. The van der Waals surface area contributed by atoms with Crippen LogP contribution in [0.1, 0.15) is 11.4 Å². The van der Waals surface area contributed by atoms with Gasteiger partial charge >= 0.3 is 0 Å². The lowest BCUT2D eigenvalue weighted by atomic mass is 10.2. The number of furan rings is 1. The molecule has 162 valence electrons. The number of hydrogen-bond acceptors (Lipinski definition) is 5. The van der Waals surface area contributed by atoms with E-state index in [2.05, 4.69) is 71.7 Å². The van der Waals surface area contributed by atoms with Gasteiger partial charge in [-0.1, -0.05) is 42.5 Å². The van der Waals surface area contributed by atoms with Crippen molar-refractivity contribution >= 4 is 12.0 Å². The van der Waals surface area contributed by atoms with Gasteiger partial charge in [-0.15, -0.1) is 0 Å². The average molecular weight is 420 g/mol. The number of nitrogens with one attached hydrogen (secondary N) is 2. The van der Waals surface area contributed by atoms with E-state index in [0.717, 1.165) is 57.5 Å². The summed E-state index contributed by atoms with van der Waals surface area (Å²) in [4.78, 5) is 13.7. The number of hydrogen-bond donors (Lipinski definition) is 2. The fourth-order valence-corrected chi connectivity index (χ4v) is 3.59. The Morgan fingerprint density at radius 2 is 2.00 bits per heavy atom. The Balaban J connectivity index is 1.18. The third kappa shape index (κ3) is 5.82. The predicted octanol–water partition coefficient (Wildman–Crippen LogP) is 2.51. The molecule has 8 heteroatoms. The third-order valence-corrected chi connectivity index (χ3v) is 5.28. The zero-order chi connectivity index (χ0) is 21.3. The van der Waals surface area contributed by atoms with Crippen LogP contribution in [0.2, 0.25) is 0 Å². The van der Waals surface area contributed by atoms with Crippen LogP contribution in [-0.4, -0.2) is 77.3 Å². The summed E-state index contributed by atoms with van der Waals surface area (Å²) < 4.78 is 5.33. The van der Waals surface area contributed by atoms with E-state index in [1.165, 1.54) is 5.56 Å². The Morgan fingerprint density at radius 1 is 1.16 bits per heavy atom. The molecule has 1 aliphatic rings. The number of guanidine groups is 1. The molecule has 0 unspecified atom stereocenters. The monoisotopic (exact) mass is 419 g/mol. The van der Waals surface area contributed by atoms with Gasteiger partial charge in [-0.2, -0.15) is 5.10 Å². The minimum Gasteiger partial charge on any atom is -0.461 e. The molecular formula is C23H29N7O. The van der Waals surface area contributed by atoms with Crippen LogP contribution < -0.4 is 5.32 Å². The first-order chi connectivity index (χ1) is 15.3. The van der Waals surface area contributed by atoms with Gasteiger partial charge < -0.3 is 14.6 Å². The van der Waals surface area contributed by atoms with Gasteiger partial charge in [0.1, 0.15) is 5.82 Å². The molecule has 3 heterocycles. The van der Waals surface area contributed by atoms with Crippen LogP contribution in [0.4, 0.5) is 0 Å². The van der Waals surface area contributed by atoms with Gasteiger partial charge in [0.2, 0.25) is 5.82 Å². The zero-order valence-electron chi connectivity index (χ0n) is 17.9. The second-order valence-corrected chi connectivity index (χ2v) is 7.41. The summed E-state index contributed by atoms with van der Waals surface area (Å²) in [6.45, 7) is 5.67. The van der Waals surface area contributed by atoms with Crippen molar-refractivity contribution in [3.05, 3.63) is 66.2 Å².